The van der Waals surface area contributed by atoms with Crippen LogP contribution in [0, 0.1) is 10.1 Å². The van der Waals surface area contributed by atoms with Crippen LogP contribution in [0.5, 0.6) is 5.75 Å². The summed E-state index contributed by atoms with van der Waals surface area (Å²) >= 11 is 0. The van der Waals surface area contributed by atoms with Crippen LogP contribution in [0.15, 0.2) is 18.2 Å². The SMILES string of the molecule is COc1ccc(NCCCN(C)C)c([N+](=O)[O-])c1. The van der Waals surface area contributed by atoms with Gasteiger partial charge in [0.2, 0.25) is 0 Å². The molecule has 0 unspecified atom stereocenters. The molecule has 18 heavy (non-hydrogen) atoms. The number of benzene rings is 1. The van der Waals surface area contributed by atoms with Crippen LogP contribution in [0.1, 0.15) is 6.42 Å². The lowest BCUT2D eigenvalue weighted by atomic mass is 10.2. The van der Waals surface area contributed by atoms with Crippen molar-refractivity contribution in [2.75, 3.05) is 39.6 Å². The van der Waals surface area contributed by atoms with Gasteiger partial charge in [-0.1, -0.05) is 0 Å². The molecule has 0 aromatic heterocycles. The summed E-state index contributed by atoms with van der Waals surface area (Å²) in [4.78, 5) is 12.6. The van der Waals surface area contributed by atoms with Crippen LogP contribution in [-0.2, 0) is 0 Å². The molecule has 1 aromatic carbocycles. The van der Waals surface area contributed by atoms with Gasteiger partial charge < -0.3 is 15.0 Å². The van der Waals surface area contributed by atoms with Crippen molar-refractivity contribution in [1.82, 2.24) is 4.90 Å². The molecule has 0 fully saturated rings. The Morgan fingerprint density at radius 3 is 2.72 bits per heavy atom. The van der Waals surface area contributed by atoms with Crippen molar-refractivity contribution >= 4 is 11.4 Å². The van der Waals surface area contributed by atoms with Gasteiger partial charge in [-0.3, -0.25) is 10.1 Å². The van der Waals surface area contributed by atoms with Crippen molar-refractivity contribution < 1.29 is 9.66 Å². The average molecular weight is 253 g/mol. The van der Waals surface area contributed by atoms with Crippen molar-refractivity contribution in [3.8, 4) is 5.75 Å². The number of nitrogens with one attached hydrogen (secondary N) is 1. The number of anilines is 1. The predicted molar refractivity (Wildman–Crippen MR) is 71.3 cm³/mol. The third-order valence-corrected chi connectivity index (χ3v) is 2.50. The first-order valence-corrected chi connectivity index (χ1v) is 5.75. The van der Waals surface area contributed by atoms with Gasteiger partial charge in [0.25, 0.3) is 5.69 Å². The Bertz CT molecular complexity index is 408. The molecule has 0 aliphatic rings. The molecule has 6 nitrogen and oxygen atoms in total. The second-order valence-corrected chi connectivity index (χ2v) is 4.22. The van der Waals surface area contributed by atoms with Crippen molar-refractivity contribution in [2.24, 2.45) is 0 Å². The van der Waals surface area contributed by atoms with Crippen molar-refractivity contribution in [2.45, 2.75) is 6.42 Å². The summed E-state index contributed by atoms with van der Waals surface area (Å²) in [6.45, 7) is 1.64. The van der Waals surface area contributed by atoms with Gasteiger partial charge in [-0.25, -0.2) is 0 Å². The molecule has 0 aliphatic heterocycles. The minimum atomic E-state index is -0.406. The molecular weight excluding hydrogens is 234 g/mol. The number of nitro benzene ring substituents is 1. The first-order chi connectivity index (χ1) is 8.54. The predicted octanol–water partition coefficient (Wildman–Crippen LogP) is 1.97. The summed E-state index contributed by atoms with van der Waals surface area (Å²) in [5, 5.41) is 14.0. The standard InChI is InChI=1S/C12H19N3O3/c1-14(2)8-4-7-13-11-6-5-10(18-3)9-12(11)15(16)17/h5-6,9,13H,4,7-8H2,1-3H3. The molecular formula is C12H19N3O3. The number of ether oxygens (including phenoxy) is 1. The van der Waals surface area contributed by atoms with E-state index in [0.29, 0.717) is 18.0 Å². The average Bonchev–Trinajstić information content (AvgIpc) is 2.34. The quantitative estimate of drug-likeness (QED) is 0.457. The Balaban J connectivity index is 2.67. The van der Waals surface area contributed by atoms with E-state index in [4.69, 9.17) is 4.74 Å². The van der Waals surface area contributed by atoms with E-state index < -0.39 is 4.92 Å². The van der Waals surface area contributed by atoms with Crippen LogP contribution < -0.4 is 10.1 Å². The van der Waals surface area contributed by atoms with Gasteiger partial charge in [0, 0.05) is 6.54 Å². The Labute approximate surface area is 107 Å². The number of nitrogens with zero attached hydrogens (tertiary/aromatic N) is 2. The van der Waals surface area contributed by atoms with E-state index in [-0.39, 0.29) is 5.69 Å². The minimum absolute atomic E-state index is 0.0409. The fraction of sp³-hybridized carbons (Fsp3) is 0.500. The van der Waals surface area contributed by atoms with Gasteiger partial charge in [-0.2, -0.15) is 0 Å². The molecule has 0 aliphatic carbocycles. The summed E-state index contributed by atoms with van der Waals surface area (Å²) < 4.78 is 4.98. The summed E-state index contributed by atoms with van der Waals surface area (Å²) in [7, 11) is 5.48. The number of methoxy groups -OCH3 is 1. The van der Waals surface area contributed by atoms with Gasteiger partial charge in [-0.15, -0.1) is 0 Å². The lowest BCUT2D eigenvalue weighted by Gasteiger charge is -2.11. The van der Waals surface area contributed by atoms with Crippen LogP contribution >= 0.6 is 0 Å². The molecule has 0 amide bonds. The smallest absolute Gasteiger partial charge is 0.296 e. The summed E-state index contributed by atoms with van der Waals surface area (Å²) in [6.07, 6.45) is 0.927. The molecule has 0 heterocycles. The molecule has 0 atom stereocenters. The molecule has 1 N–H and O–H groups in total. The van der Waals surface area contributed by atoms with Gasteiger partial charge >= 0.3 is 0 Å². The maximum Gasteiger partial charge on any atom is 0.296 e. The number of hydrogen-bond acceptors (Lipinski definition) is 5. The Kier molecular flexibility index (Phi) is 5.38. The fourth-order valence-corrected chi connectivity index (χ4v) is 1.56. The second kappa shape index (κ2) is 6.80. The number of nitro groups is 1. The first kappa shape index (κ1) is 14.2. The number of hydrogen-bond donors (Lipinski definition) is 1. The fourth-order valence-electron chi connectivity index (χ4n) is 1.56. The largest absolute Gasteiger partial charge is 0.496 e. The molecule has 0 saturated heterocycles. The highest BCUT2D eigenvalue weighted by Gasteiger charge is 2.14. The third-order valence-electron chi connectivity index (χ3n) is 2.50. The molecule has 6 heteroatoms. The third kappa shape index (κ3) is 4.21. The lowest BCUT2D eigenvalue weighted by Crippen LogP contribution is -2.16. The van der Waals surface area contributed by atoms with Crippen molar-refractivity contribution in [3.63, 3.8) is 0 Å². The van der Waals surface area contributed by atoms with Crippen molar-refractivity contribution in [3.05, 3.63) is 28.3 Å². The van der Waals surface area contributed by atoms with E-state index in [1.54, 1.807) is 12.1 Å². The minimum Gasteiger partial charge on any atom is -0.496 e. The summed E-state index contributed by atoms with van der Waals surface area (Å²) in [5.74, 6) is 0.487. The monoisotopic (exact) mass is 253 g/mol. The zero-order valence-corrected chi connectivity index (χ0v) is 11.0. The zero-order valence-electron chi connectivity index (χ0n) is 11.0. The first-order valence-electron chi connectivity index (χ1n) is 5.75. The van der Waals surface area contributed by atoms with Gasteiger partial charge in [-0.05, 0) is 39.2 Å². The Morgan fingerprint density at radius 1 is 1.44 bits per heavy atom. The van der Waals surface area contributed by atoms with Crippen LogP contribution in [0.25, 0.3) is 0 Å². The molecule has 0 bridgehead atoms. The molecule has 1 rings (SSSR count). The summed E-state index contributed by atoms with van der Waals surface area (Å²) in [6, 6.07) is 4.81. The molecule has 100 valence electrons. The highest BCUT2D eigenvalue weighted by Crippen LogP contribution is 2.28. The highest BCUT2D eigenvalue weighted by atomic mass is 16.6. The van der Waals surface area contributed by atoms with E-state index >= 15 is 0 Å². The van der Waals surface area contributed by atoms with Crippen molar-refractivity contribution in [1.29, 1.82) is 0 Å². The topological polar surface area (TPSA) is 67.6 Å². The van der Waals surface area contributed by atoms with Crippen LogP contribution in [0.4, 0.5) is 11.4 Å². The van der Waals surface area contributed by atoms with Gasteiger partial charge in [0.15, 0.2) is 0 Å². The lowest BCUT2D eigenvalue weighted by molar-refractivity contribution is -0.384. The second-order valence-electron chi connectivity index (χ2n) is 4.22. The van der Waals surface area contributed by atoms with E-state index in [0.717, 1.165) is 13.0 Å². The maximum atomic E-state index is 10.9. The Hall–Kier alpha value is -1.82. The van der Waals surface area contributed by atoms with E-state index in [9.17, 15) is 10.1 Å². The molecule has 0 saturated carbocycles. The normalized spacial score (nSPS) is 10.4. The van der Waals surface area contributed by atoms with E-state index in [1.807, 2.05) is 14.1 Å². The zero-order chi connectivity index (χ0) is 13.5. The van der Waals surface area contributed by atoms with E-state index in [1.165, 1.54) is 13.2 Å². The van der Waals surface area contributed by atoms with Crippen LogP contribution in [0.3, 0.4) is 0 Å². The Morgan fingerprint density at radius 2 is 2.17 bits per heavy atom. The summed E-state index contributed by atoms with van der Waals surface area (Å²) in [5.41, 5.74) is 0.568. The maximum absolute atomic E-state index is 10.9. The van der Waals surface area contributed by atoms with Crippen LogP contribution in [-0.4, -0.2) is 44.1 Å². The van der Waals surface area contributed by atoms with Crippen LogP contribution in [0.2, 0.25) is 0 Å². The molecule has 0 radical (unpaired) electrons. The molecule has 0 spiro atoms. The van der Waals surface area contributed by atoms with Gasteiger partial charge in [0.05, 0.1) is 18.1 Å². The highest BCUT2D eigenvalue weighted by molar-refractivity contribution is 5.63. The number of rotatable bonds is 7. The molecule has 1 aromatic rings. The van der Waals surface area contributed by atoms with Gasteiger partial charge in [0.1, 0.15) is 11.4 Å². The van der Waals surface area contributed by atoms with E-state index in [2.05, 4.69) is 10.2 Å².